The van der Waals surface area contributed by atoms with Gasteiger partial charge in [-0.3, -0.25) is 9.69 Å². The maximum absolute atomic E-state index is 12.4. The van der Waals surface area contributed by atoms with E-state index in [9.17, 15) is 4.79 Å². The second kappa shape index (κ2) is 9.02. The molecule has 2 aliphatic rings. The number of nitrogens with zero attached hydrogens (tertiary/aromatic N) is 1. The van der Waals surface area contributed by atoms with Crippen LogP contribution < -0.4 is 5.32 Å². The van der Waals surface area contributed by atoms with Crippen LogP contribution in [0.5, 0.6) is 0 Å². The number of amides is 1. The Labute approximate surface area is 150 Å². The van der Waals surface area contributed by atoms with Crippen molar-refractivity contribution in [1.82, 2.24) is 10.2 Å². The lowest BCUT2D eigenvalue weighted by Crippen LogP contribution is -2.40. The van der Waals surface area contributed by atoms with Gasteiger partial charge in [0.15, 0.2) is 0 Å². The quantitative estimate of drug-likeness (QED) is 0.892. The van der Waals surface area contributed by atoms with Crippen LogP contribution in [0.1, 0.15) is 31.7 Å². The van der Waals surface area contributed by atoms with Gasteiger partial charge >= 0.3 is 0 Å². The molecule has 136 valence electrons. The van der Waals surface area contributed by atoms with Gasteiger partial charge < -0.3 is 14.8 Å². The zero-order chi connectivity index (χ0) is 17.5. The van der Waals surface area contributed by atoms with E-state index in [1.807, 2.05) is 13.0 Å². The maximum Gasteiger partial charge on any atom is 0.250 e. The van der Waals surface area contributed by atoms with E-state index in [0.29, 0.717) is 13.2 Å². The highest BCUT2D eigenvalue weighted by Crippen LogP contribution is 2.18. The number of hydrogen-bond acceptors (Lipinski definition) is 4. The van der Waals surface area contributed by atoms with Gasteiger partial charge in [-0.05, 0) is 31.7 Å². The Balaban J connectivity index is 1.52. The van der Waals surface area contributed by atoms with E-state index >= 15 is 0 Å². The molecule has 1 amide bonds. The first-order valence-corrected chi connectivity index (χ1v) is 9.21. The Morgan fingerprint density at radius 1 is 1.24 bits per heavy atom. The van der Waals surface area contributed by atoms with E-state index < -0.39 is 0 Å². The summed E-state index contributed by atoms with van der Waals surface area (Å²) < 4.78 is 11.4. The fourth-order valence-corrected chi connectivity index (χ4v) is 3.40. The van der Waals surface area contributed by atoms with Crippen LogP contribution in [-0.4, -0.2) is 49.8 Å². The van der Waals surface area contributed by atoms with Crippen LogP contribution in [0.15, 0.2) is 41.7 Å². The number of allylic oxidation sites excluding steroid dienone is 1. The summed E-state index contributed by atoms with van der Waals surface area (Å²) in [6.45, 7) is 6.66. The molecule has 2 heterocycles. The van der Waals surface area contributed by atoms with Crippen molar-refractivity contribution in [3.8, 4) is 0 Å². The second-order valence-corrected chi connectivity index (χ2v) is 6.76. The Kier molecular flexibility index (Phi) is 6.48. The van der Waals surface area contributed by atoms with Crippen molar-refractivity contribution in [2.45, 2.75) is 38.8 Å². The molecular weight excluding hydrogens is 316 g/mol. The predicted octanol–water partition coefficient (Wildman–Crippen LogP) is 2.48. The summed E-state index contributed by atoms with van der Waals surface area (Å²) in [6.07, 6.45) is 2.75. The molecule has 0 unspecified atom stereocenters. The van der Waals surface area contributed by atoms with Crippen LogP contribution in [0.4, 0.5) is 0 Å². The third-order valence-corrected chi connectivity index (χ3v) is 4.76. The first-order chi connectivity index (χ1) is 12.2. The fourth-order valence-electron chi connectivity index (χ4n) is 3.40. The molecular formula is C20H28N2O3. The summed E-state index contributed by atoms with van der Waals surface area (Å²) >= 11 is 0. The van der Waals surface area contributed by atoms with Crippen molar-refractivity contribution in [3.05, 3.63) is 47.2 Å². The number of ether oxygens (including phenoxy) is 2. The molecule has 25 heavy (non-hydrogen) atoms. The summed E-state index contributed by atoms with van der Waals surface area (Å²) in [5, 5.41) is 3.04. The standard InChI is InChI=1S/C20H28N2O3/c1-16-19(9-5-11-24-16)20(23)21-13-18-15-22(10-6-12-25-18)14-17-7-3-2-4-8-17/h2-4,7-8,18H,5-6,9-15H2,1H3,(H,21,23)/t18-/m0/s1. The van der Waals surface area contributed by atoms with Crippen molar-refractivity contribution in [1.29, 1.82) is 0 Å². The summed E-state index contributed by atoms with van der Waals surface area (Å²) in [5.41, 5.74) is 2.09. The van der Waals surface area contributed by atoms with E-state index in [-0.39, 0.29) is 12.0 Å². The largest absolute Gasteiger partial charge is 0.498 e. The average molecular weight is 344 g/mol. The monoisotopic (exact) mass is 344 g/mol. The fraction of sp³-hybridized carbons (Fsp3) is 0.550. The minimum atomic E-state index is -0.0142. The van der Waals surface area contributed by atoms with Crippen LogP contribution >= 0.6 is 0 Å². The number of benzene rings is 1. The Hall–Kier alpha value is -1.85. The Morgan fingerprint density at radius 3 is 2.88 bits per heavy atom. The molecule has 0 radical (unpaired) electrons. The second-order valence-electron chi connectivity index (χ2n) is 6.76. The third kappa shape index (κ3) is 5.31. The SMILES string of the molecule is CC1=C(C(=O)NC[C@H]2CN(Cc3ccccc3)CCCO2)CCCO1. The van der Waals surface area contributed by atoms with Crippen LogP contribution in [-0.2, 0) is 20.8 Å². The number of rotatable bonds is 5. The van der Waals surface area contributed by atoms with Gasteiger partial charge in [-0.2, -0.15) is 0 Å². The lowest BCUT2D eigenvalue weighted by atomic mass is 10.1. The molecule has 1 aromatic carbocycles. The van der Waals surface area contributed by atoms with Gasteiger partial charge in [0.2, 0.25) is 0 Å². The van der Waals surface area contributed by atoms with Crippen molar-refractivity contribution >= 4 is 5.91 Å². The Morgan fingerprint density at radius 2 is 2.08 bits per heavy atom. The van der Waals surface area contributed by atoms with Crippen LogP contribution in [0.3, 0.4) is 0 Å². The minimum Gasteiger partial charge on any atom is -0.498 e. The highest BCUT2D eigenvalue weighted by atomic mass is 16.5. The first-order valence-electron chi connectivity index (χ1n) is 9.21. The lowest BCUT2D eigenvalue weighted by molar-refractivity contribution is -0.118. The number of carbonyl (C=O) groups excluding carboxylic acids is 1. The van der Waals surface area contributed by atoms with E-state index in [0.717, 1.165) is 56.8 Å². The number of hydrogen-bond donors (Lipinski definition) is 1. The van der Waals surface area contributed by atoms with E-state index in [1.54, 1.807) is 0 Å². The third-order valence-electron chi connectivity index (χ3n) is 4.76. The van der Waals surface area contributed by atoms with Crippen LogP contribution in [0.25, 0.3) is 0 Å². The van der Waals surface area contributed by atoms with E-state index in [2.05, 4.69) is 34.5 Å². The topological polar surface area (TPSA) is 50.8 Å². The van der Waals surface area contributed by atoms with E-state index in [4.69, 9.17) is 9.47 Å². The molecule has 5 heteroatoms. The van der Waals surface area contributed by atoms with Gasteiger partial charge in [-0.1, -0.05) is 30.3 Å². The lowest BCUT2D eigenvalue weighted by Gasteiger charge is -2.24. The Bertz CT molecular complexity index is 600. The molecule has 0 aliphatic carbocycles. The van der Waals surface area contributed by atoms with E-state index in [1.165, 1.54) is 5.56 Å². The van der Waals surface area contributed by atoms with Crippen molar-refractivity contribution in [2.75, 3.05) is 32.8 Å². The molecule has 1 N–H and O–H groups in total. The molecule has 0 saturated carbocycles. The normalized spacial score (nSPS) is 22.2. The molecule has 3 rings (SSSR count). The molecule has 0 spiro atoms. The summed E-state index contributed by atoms with van der Waals surface area (Å²) in [7, 11) is 0. The maximum atomic E-state index is 12.4. The summed E-state index contributed by atoms with van der Waals surface area (Å²) in [5.74, 6) is 0.746. The molecule has 5 nitrogen and oxygen atoms in total. The number of nitrogens with one attached hydrogen (secondary N) is 1. The molecule has 0 aromatic heterocycles. The predicted molar refractivity (Wildman–Crippen MR) is 97.0 cm³/mol. The van der Waals surface area contributed by atoms with Gasteiger partial charge in [0.1, 0.15) is 5.76 Å². The van der Waals surface area contributed by atoms with Gasteiger partial charge in [-0.25, -0.2) is 0 Å². The number of carbonyl (C=O) groups is 1. The molecule has 1 atom stereocenters. The van der Waals surface area contributed by atoms with Gasteiger partial charge in [0.25, 0.3) is 5.91 Å². The van der Waals surface area contributed by atoms with Gasteiger partial charge in [-0.15, -0.1) is 0 Å². The molecule has 1 saturated heterocycles. The zero-order valence-electron chi connectivity index (χ0n) is 15.0. The first kappa shape index (κ1) is 18.0. The van der Waals surface area contributed by atoms with Crippen molar-refractivity contribution in [3.63, 3.8) is 0 Å². The summed E-state index contributed by atoms with van der Waals surface area (Å²) in [6, 6.07) is 10.5. The van der Waals surface area contributed by atoms with Gasteiger partial charge in [0, 0.05) is 32.8 Å². The van der Waals surface area contributed by atoms with Crippen LogP contribution in [0, 0.1) is 0 Å². The molecule has 1 fully saturated rings. The molecule has 1 aromatic rings. The molecule has 2 aliphatic heterocycles. The van der Waals surface area contributed by atoms with Crippen LogP contribution in [0.2, 0.25) is 0 Å². The minimum absolute atomic E-state index is 0.0142. The van der Waals surface area contributed by atoms with Gasteiger partial charge in [0.05, 0.1) is 18.3 Å². The van der Waals surface area contributed by atoms with Crippen molar-refractivity contribution in [2.24, 2.45) is 0 Å². The highest BCUT2D eigenvalue weighted by Gasteiger charge is 2.22. The van der Waals surface area contributed by atoms with Crippen molar-refractivity contribution < 1.29 is 14.3 Å². The molecule has 0 bridgehead atoms. The summed E-state index contributed by atoms with van der Waals surface area (Å²) in [4.78, 5) is 14.8. The zero-order valence-corrected chi connectivity index (χ0v) is 15.0. The smallest absolute Gasteiger partial charge is 0.250 e. The average Bonchev–Trinajstić information content (AvgIpc) is 2.86. The highest BCUT2D eigenvalue weighted by molar-refractivity contribution is 5.93.